The van der Waals surface area contributed by atoms with Crippen LogP contribution in [0.4, 0.5) is 11.8 Å². The highest BCUT2D eigenvalue weighted by Crippen LogP contribution is 2.26. The number of rotatable bonds is 3. The fraction of sp³-hybridized carbons (Fsp3) is 0.333. The van der Waals surface area contributed by atoms with Gasteiger partial charge in [0, 0.05) is 32.7 Å². The topological polar surface area (TPSA) is 58.3 Å². The molecule has 2 aromatic heterocycles. The van der Waals surface area contributed by atoms with E-state index >= 15 is 0 Å². The summed E-state index contributed by atoms with van der Waals surface area (Å²) in [6.07, 6.45) is 0. The molecule has 1 saturated heterocycles. The summed E-state index contributed by atoms with van der Waals surface area (Å²) >= 11 is 1.60. The van der Waals surface area contributed by atoms with Crippen LogP contribution in [0.3, 0.4) is 0 Å². The first-order valence-corrected chi connectivity index (χ1v) is 9.10. The Morgan fingerprint density at radius 2 is 1.79 bits per heavy atom. The normalized spacial score (nSPS) is 16.0. The predicted molar refractivity (Wildman–Crippen MR) is 100 cm³/mol. The van der Waals surface area contributed by atoms with Gasteiger partial charge >= 0.3 is 0 Å². The monoisotopic (exact) mass is 339 g/mol. The van der Waals surface area contributed by atoms with E-state index in [0.29, 0.717) is 5.82 Å². The zero-order chi connectivity index (χ0) is 16.5. The standard InChI is InChI=1S/C18H21N5S/c1-13-2-4-14(5-3-13)12-22-7-9-23(10-8-22)18-20-15-6-11-24-16(15)17(19)21-18/h2-6,11H,7-10,12H2,1H3,(H2,19,20,21). The van der Waals surface area contributed by atoms with E-state index in [4.69, 9.17) is 5.73 Å². The number of nitrogen functional groups attached to an aromatic ring is 1. The van der Waals surface area contributed by atoms with Crippen LogP contribution in [0, 0.1) is 6.92 Å². The molecule has 2 N–H and O–H groups in total. The van der Waals surface area contributed by atoms with Gasteiger partial charge in [-0.1, -0.05) is 29.8 Å². The number of anilines is 2. The summed E-state index contributed by atoms with van der Waals surface area (Å²) in [5, 5.41) is 2.01. The second kappa shape index (κ2) is 6.37. The lowest BCUT2D eigenvalue weighted by molar-refractivity contribution is 0.249. The molecule has 5 nitrogen and oxygen atoms in total. The average Bonchev–Trinajstić information content (AvgIpc) is 3.07. The number of benzene rings is 1. The van der Waals surface area contributed by atoms with Gasteiger partial charge < -0.3 is 10.6 Å². The molecule has 0 aliphatic carbocycles. The smallest absolute Gasteiger partial charge is 0.228 e. The lowest BCUT2D eigenvalue weighted by Crippen LogP contribution is -2.46. The first kappa shape index (κ1) is 15.4. The molecule has 0 spiro atoms. The molecule has 0 amide bonds. The lowest BCUT2D eigenvalue weighted by Gasteiger charge is -2.34. The molecule has 6 heteroatoms. The van der Waals surface area contributed by atoms with Gasteiger partial charge in [0.15, 0.2) is 0 Å². The van der Waals surface area contributed by atoms with Gasteiger partial charge in [0.05, 0.1) is 10.2 Å². The molecule has 3 aromatic rings. The number of thiophene rings is 1. The number of fused-ring (bicyclic) bond motifs is 1. The number of hydrogen-bond donors (Lipinski definition) is 1. The molecule has 124 valence electrons. The van der Waals surface area contributed by atoms with Crippen molar-refractivity contribution in [1.29, 1.82) is 0 Å². The highest BCUT2D eigenvalue weighted by molar-refractivity contribution is 7.17. The van der Waals surface area contributed by atoms with E-state index in [0.717, 1.165) is 48.9 Å². The molecule has 1 aliphatic rings. The second-order valence-corrected chi connectivity index (χ2v) is 7.21. The predicted octanol–water partition coefficient (Wildman–Crippen LogP) is 2.90. The van der Waals surface area contributed by atoms with Crippen LogP contribution in [0.5, 0.6) is 0 Å². The van der Waals surface area contributed by atoms with E-state index in [1.807, 2.05) is 11.4 Å². The summed E-state index contributed by atoms with van der Waals surface area (Å²) in [7, 11) is 0. The highest BCUT2D eigenvalue weighted by atomic mass is 32.1. The SMILES string of the molecule is Cc1ccc(CN2CCN(c3nc(N)c4sccc4n3)CC2)cc1. The van der Waals surface area contributed by atoms with Crippen LogP contribution in [-0.4, -0.2) is 41.0 Å². The summed E-state index contributed by atoms with van der Waals surface area (Å²) in [4.78, 5) is 13.9. The largest absolute Gasteiger partial charge is 0.382 e. The van der Waals surface area contributed by atoms with E-state index < -0.39 is 0 Å². The van der Waals surface area contributed by atoms with Crippen molar-refractivity contribution in [2.24, 2.45) is 0 Å². The Morgan fingerprint density at radius 1 is 1.04 bits per heavy atom. The van der Waals surface area contributed by atoms with Crippen molar-refractivity contribution in [3.63, 3.8) is 0 Å². The summed E-state index contributed by atoms with van der Waals surface area (Å²) in [5.74, 6) is 1.35. The Hall–Kier alpha value is -2.18. The molecule has 1 aromatic carbocycles. The summed E-state index contributed by atoms with van der Waals surface area (Å²) in [6.45, 7) is 7.01. The van der Waals surface area contributed by atoms with Gasteiger partial charge in [0.25, 0.3) is 0 Å². The molecule has 1 aliphatic heterocycles. The number of aromatic nitrogens is 2. The van der Waals surface area contributed by atoms with E-state index in [-0.39, 0.29) is 0 Å². The highest BCUT2D eigenvalue weighted by Gasteiger charge is 2.20. The van der Waals surface area contributed by atoms with Gasteiger partial charge in [-0.3, -0.25) is 4.90 Å². The third kappa shape index (κ3) is 3.07. The maximum atomic E-state index is 6.07. The molecular weight excluding hydrogens is 318 g/mol. The summed E-state index contributed by atoms with van der Waals surface area (Å²) < 4.78 is 0.983. The van der Waals surface area contributed by atoms with Crippen molar-refractivity contribution in [2.45, 2.75) is 13.5 Å². The van der Waals surface area contributed by atoms with Crippen LogP contribution in [0.1, 0.15) is 11.1 Å². The van der Waals surface area contributed by atoms with Crippen LogP contribution in [0.15, 0.2) is 35.7 Å². The molecule has 1 fully saturated rings. The quantitative estimate of drug-likeness (QED) is 0.795. The Kier molecular flexibility index (Phi) is 4.08. The number of aryl methyl sites for hydroxylation is 1. The zero-order valence-electron chi connectivity index (χ0n) is 13.8. The fourth-order valence-electron chi connectivity index (χ4n) is 3.07. The summed E-state index contributed by atoms with van der Waals surface area (Å²) in [5.41, 5.74) is 9.70. The minimum atomic E-state index is 0.590. The molecule has 0 atom stereocenters. The number of hydrogen-bond acceptors (Lipinski definition) is 6. The zero-order valence-corrected chi connectivity index (χ0v) is 14.6. The van der Waals surface area contributed by atoms with Crippen molar-refractivity contribution >= 4 is 33.3 Å². The maximum Gasteiger partial charge on any atom is 0.228 e. The van der Waals surface area contributed by atoms with Crippen molar-refractivity contribution in [1.82, 2.24) is 14.9 Å². The van der Waals surface area contributed by atoms with Gasteiger partial charge in [-0.2, -0.15) is 4.98 Å². The van der Waals surface area contributed by atoms with Crippen molar-refractivity contribution in [2.75, 3.05) is 36.8 Å². The molecule has 4 rings (SSSR count). The van der Waals surface area contributed by atoms with Gasteiger partial charge in [0.1, 0.15) is 5.82 Å². The minimum absolute atomic E-state index is 0.590. The molecule has 3 heterocycles. The third-order valence-corrected chi connectivity index (χ3v) is 5.43. The Morgan fingerprint density at radius 3 is 2.54 bits per heavy atom. The number of nitrogens with two attached hydrogens (primary N) is 1. The minimum Gasteiger partial charge on any atom is -0.382 e. The van der Waals surface area contributed by atoms with E-state index in [9.17, 15) is 0 Å². The Balaban J connectivity index is 1.42. The van der Waals surface area contributed by atoms with Gasteiger partial charge in [0.2, 0.25) is 5.95 Å². The van der Waals surface area contributed by atoms with E-state index in [2.05, 4.69) is 51.0 Å². The van der Waals surface area contributed by atoms with Gasteiger partial charge in [-0.05, 0) is 23.9 Å². The first-order valence-electron chi connectivity index (χ1n) is 8.22. The molecule has 0 unspecified atom stereocenters. The second-order valence-electron chi connectivity index (χ2n) is 6.29. The lowest BCUT2D eigenvalue weighted by atomic mass is 10.1. The van der Waals surface area contributed by atoms with E-state index in [1.165, 1.54) is 11.1 Å². The van der Waals surface area contributed by atoms with Gasteiger partial charge in [-0.25, -0.2) is 4.98 Å². The van der Waals surface area contributed by atoms with Crippen LogP contribution < -0.4 is 10.6 Å². The van der Waals surface area contributed by atoms with E-state index in [1.54, 1.807) is 11.3 Å². The molecular formula is C18H21N5S. The Labute approximate surface area is 145 Å². The molecule has 24 heavy (non-hydrogen) atoms. The van der Waals surface area contributed by atoms with Crippen molar-refractivity contribution < 1.29 is 0 Å². The molecule has 0 bridgehead atoms. The molecule has 0 saturated carbocycles. The van der Waals surface area contributed by atoms with Gasteiger partial charge in [-0.15, -0.1) is 11.3 Å². The fourth-order valence-corrected chi connectivity index (χ4v) is 3.81. The Bertz CT molecular complexity index is 834. The number of piperazine rings is 1. The third-order valence-electron chi connectivity index (χ3n) is 4.50. The maximum absolute atomic E-state index is 6.07. The van der Waals surface area contributed by atoms with Crippen LogP contribution >= 0.6 is 11.3 Å². The van der Waals surface area contributed by atoms with Crippen molar-refractivity contribution in [3.05, 3.63) is 46.8 Å². The van der Waals surface area contributed by atoms with Crippen molar-refractivity contribution in [3.8, 4) is 0 Å². The number of nitrogens with zero attached hydrogens (tertiary/aromatic N) is 4. The van der Waals surface area contributed by atoms with Crippen LogP contribution in [-0.2, 0) is 6.54 Å². The first-order chi connectivity index (χ1) is 11.7. The van der Waals surface area contributed by atoms with Crippen LogP contribution in [0.2, 0.25) is 0 Å². The summed E-state index contributed by atoms with van der Waals surface area (Å²) in [6, 6.07) is 10.8. The van der Waals surface area contributed by atoms with Crippen LogP contribution in [0.25, 0.3) is 10.2 Å². The molecule has 0 radical (unpaired) electrons. The average molecular weight is 339 g/mol.